The van der Waals surface area contributed by atoms with Crippen molar-refractivity contribution < 1.29 is 23.8 Å². The molecule has 1 aromatic rings. The minimum Gasteiger partial charge on any atom is -0.507 e. The normalized spacial score (nSPS) is 12.5. The number of aliphatic carboxylic acids is 1. The number of carboxylic acids is 1. The number of benzene rings is 1. The van der Waals surface area contributed by atoms with Gasteiger partial charge in [0, 0.05) is 17.7 Å². The van der Waals surface area contributed by atoms with Crippen molar-refractivity contribution in [2.24, 2.45) is 0 Å². The highest BCUT2D eigenvalue weighted by Crippen LogP contribution is 2.31. The second-order valence-electron chi connectivity index (χ2n) is 3.12. The molecule has 1 rings (SSSR count). The minimum atomic E-state index is -1.25. The lowest BCUT2D eigenvalue weighted by Gasteiger charge is -2.12. The zero-order valence-electron chi connectivity index (χ0n) is 8.00. The molecule has 3 nitrogen and oxygen atoms in total. The number of carboxylic acid groups (broad SMARTS) is 1. The van der Waals surface area contributed by atoms with Gasteiger partial charge < -0.3 is 10.2 Å². The topological polar surface area (TPSA) is 57.5 Å². The van der Waals surface area contributed by atoms with E-state index in [-0.39, 0.29) is 12.0 Å². The Bertz CT molecular complexity index is 367. The average Bonchev–Trinajstić information content (AvgIpc) is 2.09. The zero-order chi connectivity index (χ0) is 11.6. The average molecular weight is 216 g/mol. The first-order chi connectivity index (χ1) is 6.97. The van der Waals surface area contributed by atoms with Crippen molar-refractivity contribution in [3.63, 3.8) is 0 Å². The van der Waals surface area contributed by atoms with Gasteiger partial charge in [0.25, 0.3) is 0 Å². The molecule has 0 bridgehead atoms. The predicted molar refractivity (Wildman–Crippen MR) is 48.7 cm³/mol. The van der Waals surface area contributed by atoms with Crippen LogP contribution in [0.3, 0.4) is 0 Å². The first kappa shape index (κ1) is 11.4. The van der Waals surface area contributed by atoms with Crippen LogP contribution >= 0.6 is 0 Å². The van der Waals surface area contributed by atoms with Crippen LogP contribution < -0.4 is 0 Å². The maximum atomic E-state index is 13.2. The molecule has 0 saturated carbocycles. The fraction of sp³-hybridized carbons (Fsp3) is 0.300. The number of hydrogen-bond donors (Lipinski definition) is 2. The Labute approximate surface area is 85.0 Å². The number of rotatable bonds is 3. The Morgan fingerprint density at radius 3 is 2.47 bits per heavy atom. The molecule has 0 saturated heterocycles. The summed E-state index contributed by atoms with van der Waals surface area (Å²) in [6.07, 6.45) is 0.117. The summed E-state index contributed by atoms with van der Waals surface area (Å²) in [7, 11) is 0. The van der Waals surface area contributed by atoms with Crippen molar-refractivity contribution in [3.8, 4) is 5.75 Å². The number of carbonyl (C=O) groups is 1. The van der Waals surface area contributed by atoms with Crippen molar-refractivity contribution in [2.75, 3.05) is 0 Å². The van der Waals surface area contributed by atoms with Crippen LogP contribution in [0.1, 0.15) is 24.8 Å². The molecule has 0 aliphatic rings. The highest BCUT2D eigenvalue weighted by molar-refractivity contribution is 5.77. The summed E-state index contributed by atoms with van der Waals surface area (Å²) >= 11 is 0. The van der Waals surface area contributed by atoms with Crippen molar-refractivity contribution in [2.45, 2.75) is 19.3 Å². The van der Waals surface area contributed by atoms with Crippen LogP contribution in [0.15, 0.2) is 12.1 Å². The molecule has 82 valence electrons. The van der Waals surface area contributed by atoms with E-state index in [1.54, 1.807) is 6.92 Å². The smallest absolute Gasteiger partial charge is 0.311 e. The van der Waals surface area contributed by atoms with Gasteiger partial charge in [-0.1, -0.05) is 6.92 Å². The summed E-state index contributed by atoms with van der Waals surface area (Å²) in [5.74, 6) is -5.05. The predicted octanol–water partition coefficient (Wildman–Crippen LogP) is 2.25. The van der Waals surface area contributed by atoms with E-state index in [1.165, 1.54) is 0 Å². The molecule has 0 radical (unpaired) electrons. The molecule has 0 spiro atoms. The largest absolute Gasteiger partial charge is 0.507 e. The number of hydrogen-bond acceptors (Lipinski definition) is 2. The summed E-state index contributed by atoms with van der Waals surface area (Å²) in [6.45, 7) is 1.54. The molecule has 0 fully saturated rings. The molecule has 0 aliphatic heterocycles. The van der Waals surface area contributed by atoms with Crippen LogP contribution in [0.4, 0.5) is 8.78 Å². The Morgan fingerprint density at radius 1 is 1.47 bits per heavy atom. The van der Waals surface area contributed by atoms with Crippen molar-refractivity contribution in [3.05, 3.63) is 29.3 Å². The van der Waals surface area contributed by atoms with Gasteiger partial charge in [0.05, 0.1) is 5.92 Å². The van der Waals surface area contributed by atoms with Gasteiger partial charge in [-0.05, 0) is 6.42 Å². The van der Waals surface area contributed by atoms with Gasteiger partial charge in [0.1, 0.15) is 17.4 Å². The van der Waals surface area contributed by atoms with Gasteiger partial charge >= 0.3 is 5.97 Å². The number of phenolic OH excluding ortho intramolecular Hbond substituents is 1. The van der Waals surface area contributed by atoms with E-state index in [0.29, 0.717) is 12.1 Å². The standard InChI is InChI=1S/C10H10F2O3/c1-2-6(10(14)15)9-7(12)3-5(11)4-8(9)13/h3-4,6,13H,2H2,1H3,(H,14,15). The molecular weight excluding hydrogens is 206 g/mol. The molecule has 0 aliphatic carbocycles. The SMILES string of the molecule is CCC(C(=O)O)c1c(O)cc(F)cc1F. The summed E-state index contributed by atoms with van der Waals surface area (Å²) in [5, 5.41) is 18.1. The molecule has 1 unspecified atom stereocenters. The van der Waals surface area contributed by atoms with E-state index in [9.17, 15) is 18.7 Å². The molecule has 2 N–H and O–H groups in total. The van der Waals surface area contributed by atoms with Gasteiger partial charge in [-0.15, -0.1) is 0 Å². The minimum absolute atomic E-state index is 0.117. The van der Waals surface area contributed by atoms with Gasteiger partial charge in [-0.2, -0.15) is 0 Å². The molecule has 0 amide bonds. The molecule has 0 heterocycles. The second kappa shape index (κ2) is 4.25. The third-order valence-corrected chi connectivity index (χ3v) is 2.13. The van der Waals surface area contributed by atoms with Crippen molar-refractivity contribution >= 4 is 5.97 Å². The van der Waals surface area contributed by atoms with Crippen LogP contribution in [-0.2, 0) is 4.79 Å². The number of phenols is 1. The summed E-state index contributed by atoms with van der Waals surface area (Å²) in [6, 6.07) is 1.25. The van der Waals surface area contributed by atoms with E-state index in [1.807, 2.05) is 0 Å². The molecule has 15 heavy (non-hydrogen) atoms. The van der Waals surface area contributed by atoms with E-state index >= 15 is 0 Å². The number of aromatic hydroxyl groups is 1. The summed E-state index contributed by atoms with van der Waals surface area (Å²) in [5.41, 5.74) is -0.369. The maximum Gasteiger partial charge on any atom is 0.311 e. The zero-order valence-corrected chi connectivity index (χ0v) is 8.00. The van der Waals surface area contributed by atoms with E-state index in [4.69, 9.17) is 5.11 Å². The molecule has 1 atom stereocenters. The van der Waals surface area contributed by atoms with Crippen LogP contribution in [0, 0.1) is 11.6 Å². The Morgan fingerprint density at radius 2 is 2.07 bits per heavy atom. The van der Waals surface area contributed by atoms with Crippen LogP contribution in [0.5, 0.6) is 5.75 Å². The first-order valence-electron chi connectivity index (χ1n) is 4.38. The fourth-order valence-electron chi connectivity index (χ4n) is 1.42. The van der Waals surface area contributed by atoms with E-state index < -0.39 is 29.3 Å². The monoisotopic (exact) mass is 216 g/mol. The van der Waals surface area contributed by atoms with Gasteiger partial charge in [-0.3, -0.25) is 4.79 Å². The highest BCUT2D eigenvalue weighted by atomic mass is 19.1. The Kier molecular flexibility index (Phi) is 3.24. The summed E-state index contributed by atoms with van der Waals surface area (Å²) < 4.78 is 25.9. The maximum absolute atomic E-state index is 13.2. The fourth-order valence-corrected chi connectivity index (χ4v) is 1.42. The van der Waals surface area contributed by atoms with Crippen LogP contribution in [0.25, 0.3) is 0 Å². The lowest BCUT2D eigenvalue weighted by Crippen LogP contribution is -2.12. The van der Waals surface area contributed by atoms with Gasteiger partial charge in [-0.25, -0.2) is 8.78 Å². The Balaban J connectivity index is 3.29. The van der Waals surface area contributed by atoms with Gasteiger partial charge in [0.2, 0.25) is 0 Å². The molecule has 1 aromatic carbocycles. The lowest BCUT2D eigenvalue weighted by atomic mass is 9.95. The third kappa shape index (κ3) is 2.23. The van der Waals surface area contributed by atoms with E-state index in [2.05, 4.69) is 0 Å². The quantitative estimate of drug-likeness (QED) is 0.814. The molecule has 5 heteroatoms. The molecular formula is C10H10F2O3. The van der Waals surface area contributed by atoms with Gasteiger partial charge in [0.15, 0.2) is 0 Å². The lowest BCUT2D eigenvalue weighted by molar-refractivity contribution is -0.139. The second-order valence-corrected chi connectivity index (χ2v) is 3.12. The summed E-state index contributed by atoms with van der Waals surface area (Å²) in [4.78, 5) is 10.7. The van der Waals surface area contributed by atoms with Crippen molar-refractivity contribution in [1.82, 2.24) is 0 Å². The van der Waals surface area contributed by atoms with Crippen molar-refractivity contribution in [1.29, 1.82) is 0 Å². The Hall–Kier alpha value is -1.65. The van der Waals surface area contributed by atoms with Crippen LogP contribution in [-0.4, -0.2) is 16.2 Å². The highest BCUT2D eigenvalue weighted by Gasteiger charge is 2.25. The molecule has 0 aromatic heterocycles. The third-order valence-electron chi connectivity index (χ3n) is 2.13. The van der Waals surface area contributed by atoms with Crippen LogP contribution in [0.2, 0.25) is 0 Å². The first-order valence-corrected chi connectivity index (χ1v) is 4.38. The number of halogens is 2. The van der Waals surface area contributed by atoms with E-state index in [0.717, 1.165) is 0 Å².